The Bertz CT molecular complexity index is 131. The highest BCUT2D eigenvalue weighted by atomic mass is 79.9. The summed E-state index contributed by atoms with van der Waals surface area (Å²) in [7, 11) is 0. The molecule has 0 spiro atoms. The summed E-state index contributed by atoms with van der Waals surface area (Å²) in [5.41, 5.74) is 0. The van der Waals surface area contributed by atoms with Crippen molar-refractivity contribution in [2.24, 2.45) is 5.92 Å². The number of aliphatic hydroxyl groups is 1. The molecule has 3 heteroatoms. The van der Waals surface area contributed by atoms with Crippen LogP contribution in [0.1, 0.15) is 26.2 Å². The molecule has 2 nitrogen and oxygen atoms in total. The van der Waals surface area contributed by atoms with Gasteiger partial charge in [0, 0.05) is 25.0 Å². The molecule has 0 aromatic heterocycles. The van der Waals surface area contributed by atoms with Gasteiger partial charge in [0.05, 0.1) is 6.10 Å². The zero-order valence-corrected chi connectivity index (χ0v) is 9.96. The lowest BCUT2D eigenvalue weighted by molar-refractivity contribution is 0.0761. The maximum absolute atomic E-state index is 9.34. The molecule has 1 heterocycles. The number of aliphatic hydroxyl groups excluding tert-OH is 1. The molecule has 78 valence electrons. The van der Waals surface area contributed by atoms with E-state index in [9.17, 15) is 5.11 Å². The van der Waals surface area contributed by atoms with Crippen molar-refractivity contribution in [1.82, 2.24) is 4.90 Å². The predicted octanol–water partition coefficient (Wildman–Crippen LogP) is 1.86. The second-order valence-electron chi connectivity index (χ2n) is 3.96. The van der Waals surface area contributed by atoms with Gasteiger partial charge in [-0.15, -0.1) is 0 Å². The standard InChI is InChI=1S/C10H20BrNO/c1-2-9(7-11)8-12-5-3-10(13)4-6-12/h9-10,13H,2-8H2,1H3. The highest BCUT2D eigenvalue weighted by Gasteiger charge is 2.18. The molecule has 1 rings (SSSR count). The molecule has 1 N–H and O–H groups in total. The third kappa shape index (κ3) is 3.96. The molecule has 0 aromatic carbocycles. The molecular weight excluding hydrogens is 230 g/mol. The third-order valence-corrected chi connectivity index (χ3v) is 3.78. The van der Waals surface area contributed by atoms with Crippen LogP contribution in [0.5, 0.6) is 0 Å². The molecule has 0 amide bonds. The molecule has 1 fully saturated rings. The van der Waals surface area contributed by atoms with Crippen molar-refractivity contribution in [2.45, 2.75) is 32.3 Å². The fourth-order valence-corrected chi connectivity index (χ4v) is 2.42. The van der Waals surface area contributed by atoms with E-state index in [1.807, 2.05) is 0 Å². The lowest BCUT2D eigenvalue weighted by atomic mass is 10.0. The summed E-state index contributed by atoms with van der Waals surface area (Å²) in [6.45, 7) is 5.58. The first-order valence-electron chi connectivity index (χ1n) is 5.22. The van der Waals surface area contributed by atoms with Crippen molar-refractivity contribution in [2.75, 3.05) is 25.0 Å². The van der Waals surface area contributed by atoms with Gasteiger partial charge >= 0.3 is 0 Å². The topological polar surface area (TPSA) is 23.5 Å². The van der Waals surface area contributed by atoms with Gasteiger partial charge in [0.2, 0.25) is 0 Å². The summed E-state index contributed by atoms with van der Waals surface area (Å²) in [6.07, 6.45) is 3.11. The van der Waals surface area contributed by atoms with Gasteiger partial charge in [-0.1, -0.05) is 29.3 Å². The van der Waals surface area contributed by atoms with E-state index in [4.69, 9.17) is 0 Å². The van der Waals surface area contributed by atoms with Crippen LogP contribution in [-0.2, 0) is 0 Å². The number of hydrogen-bond acceptors (Lipinski definition) is 2. The number of alkyl halides is 1. The largest absolute Gasteiger partial charge is 0.393 e. The van der Waals surface area contributed by atoms with Crippen molar-refractivity contribution in [1.29, 1.82) is 0 Å². The van der Waals surface area contributed by atoms with Crippen LogP contribution >= 0.6 is 15.9 Å². The smallest absolute Gasteiger partial charge is 0.0564 e. The molecular formula is C10H20BrNO. The fraction of sp³-hybridized carbons (Fsp3) is 1.00. The molecule has 0 saturated carbocycles. The summed E-state index contributed by atoms with van der Waals surface area (Å²) >= 11 is 3.54. The Morgan fingerprint density at radius 2 is 2.08 bits per heavy atom. The van der Waals surface area contributed by atoms with E-state index in [0.29, 0.717) is 0 Å². The Morgan fingerprint density at radius 3 is 2.54 bits per heavy atom. The number of likely N-dealkylation sites (tertiary alicyclic amines) is 1. The first-order chi connectivity index (χ1) is 6.26. The fourth-order valence-electron chi connectivity index (χ4n) is 1.75. The van der Waals surface area contributed by atoms with Crippen LogP contribution in [0.25, 0.3) is 0 Å². The summed E-state index contributed by atoms with van der Waals surface area (Å²) in [5.74, 6) is 0.773. The summed E-state index contributed by atoms with van der Waals surface area (Å²) in [6, 6.07) is 0. The zero-order valence-electron chi connectivity index (χ0n) is 8.38. The van der Waals surface area contributed by atoms with Gasteiger partial charge in [0.25, 0.3) is 0 Å². The van der Waals surface area contributed by atoms with Gasteiger partial charge in [-0.2, -0.15) is 0 Å². The second-order valence-corrected chi connectivity index (χ2v) is 4.61. The highest BCUT2D eigenvalue weighted by Crippen LogP contribution is 2.14. The number of nitrogens with zero attached hydrogens (tertiary/aromatic N) is 1. The van der Waals surface area contributed by atoms with Crippen LogP contribution in [0, 0.1) is 5.92 Å². The van der Waals surface area contributed by atoms with Gasteiger partial charge in [-0.3, -0.25) is 0 Å². The van der Waals surface area contributed by atoms with Crippen LogP contribution in [0.4, 0.5) is 0 Å². The van der Waals surface area contributed by atoms with Crippen molar-refractivity contribution in [3.8, 4) is 0 Å². The Morgan fingerprint density at radius 1 is 1.46 bits per heavy atom. The minimum atomic E-state index is -0.0414. The molecule has 13 heavy (non-hydrogen) atoms. The van der Waals surface area contributed by atoms with Crippen molar-refractivity contribution in [3.05, 3.63) is 0 Å². The van der Waals surface area contributed by atoms with E-state index in [-0.39, 0.29) is 6.10 Å². The molecule has 1 unspecified atom stereocenters. The van der Waals surface area contributed by atoms with Crippen molar-refractivity contribution < 1.29 is 5.11 Å². The highest BCUT2D eigenvalue weighted by molar-refractivity contribution is 9.09. The summed E-state index contributed by atoms with van der Waals surface area (Å²) in [5, 5.41) is 10.4. The van der Waals surface area contributed by atoms with Crippen LogP contribution < -0.4 is 0 Å². The van der Waals surface area contributed by atoms with E-state index < -0.39 is 0 Å². The number of rotatable bonds is 4. The molecule has 0 radical (unpaired) electrons. The van der Waals surface area contributed by atoms with E-state index in [1.54, 1.807) is 0 Å². The molecule has 1 aliphatic heterocycles. The van der Waals surface area contributed by atoms with Crippen molar-refractivity contribution in [3.63, 3.8) is 0 Å². The van der Waals surface area contributed by atoms with Crippen molar-refractivity contribution >= 4 is 15.9 Å². The number of halogens is 1. The normalized spacial score (nSPS) is 23.3. The van der Waals surface area contributed by atoms with E-state index in [0.717, 1.165) is 37.2 Å². The maximum Gasteiger partial charge on any atom is 0.0564 e. The van der Waals surface area contributed by atoms with Gasteiger partial charge in [0.1, 0.15) is 0 Å². The molecule has 0 aromatic rings. The second kappa shape index (κ2) is 5.99. The van der Waals surface area contributed by atoms with Gasteiger partial charge < -0.3 is 10.0 Å². The molecule has 1 saturated heterocycles. The maximum atomic E-state index is 9.34. The number of piperidine rings is 1. The minimum Gasteiger partial charge on any atom is -0.393 e. The van der Waals surface area contributed by atoms with Gasteiger partial charge in [0.15, 0.2) is 0 Å². The SMILES string of the molecule is CCC(CBr)CN1CCC(O)CC1. The summed E-state index contributed by atoms with van der Waals surface area (Å²) in [4.78, 5) is 2.47. The quantitative estimate of drug-likeness (QED) is 0.770. The Balaban J connectivity index is 2.21. The predicted molar refractivity (Wildman–Crippen MR) is 59.3 cm³/mol. The Kier molecular flexibility index (Phi) is 5.29. The molecule has 1 atom stereocenters. The van der Waals surface area contributed by atoms with Gasteiger partial charge in [-0.05, 0) is 18.8 Å². The minimum absolute atomic E-state index is 0.0414. The first-order valence-corrected chi connectivity index (χ1v) is 6.34. The monoisotopic (exact) mass is 249 g/mol. The number of hydrogen-bond donors (Lipinski definition) is 1. The van der Waals surface area contributed by atoms with E-state index in [1.165, 1.54) is 13.0 Å². The molecule has 1 aliphatic rings. The molecule has 0 bridgehead atoms. The Hall–Kier alpha value is 0.400. The third-order valence-electron chi connectivity index (χ3n) is 2.87. The van der Waals surface area contributed by atoms with Crippen LogP contribution in [0.3, 0.4) is 0 Å². The summed E-state index contributed by atoms with van der Waals surface area (Å²) < 4.78 is 0. The average Bonchev–Trinajstić information content (AvgIpc) is 2.17. The lowest BCUT2D eigenvalue weighted by Crippen LogP contribution is -2.39. The van der Waals surface area contributed by atoms with Gasteiger partial charge in [-0.25, -0.2) is 0 Å². The Labute approximate surface area is 89.4 Å². The van der Waals surface area contributed by atoms with E-state index in [2.05, 4.69) is 27.8 Å². The zero-order chi connectivity index (χ0) is 9.68. The van der Waals surface area contributed by atoms with E-state index >= 15 is 0 Å². The lowest BCUT2D eigenvalue weighted by Gasteiger charge is -2.31. The molecule has 0 aliphatic carbocycles. The average molecular weight is 250 g/mol. The van der Waals surface area contributed by atoms with Crippen LogP contribution in [0.2, 0.25) is 0 Å². The first kappa shape index (κ1) is 11.5. The van der Waals surface area contributed by atoms with Crippen LogP contribution in [0.15, 0.2) is 0 Å². The van der Waals surface area contributed by atoms with Crippen LogP contribution in [-0.4, -0.2) is 41.1 Å².